The third-order valence-corrected chi connectivity index (χ3v) is 3.63. The highest BCUT2D eigenvalue weighted by atomic mass is 16.1. The summed E-state index contributed by atoms with van der Waals surface area (Å²) in [5.74, 6) is 0.493. The Kier molecular flexibility index (Phi) is 5.29. The van der Waals surface area contributed by atoms with Gasteiger partial charge in [0.1, 0.15) is 5.82 Å². The largest absolute Gasteiger partial charge is 0.369 e. The quantitative estimate of drug-likeness (QED) is 0.780. The summed E-state index contributed by atoms with van der Waals surface area (Å²) in [6, 6.07) is 0.442. The van der Waals surface area contributed by atoms with Crippen molar-refractivity contribution in [3.05, 3.63) is 18.1 Å². The van der Waals surface area contributed by atoms with Crippen molar-refractivity contribution in [2.75, 3.05) is 18.4 Å². The smallest absolute Gasteiger partial charge is 0.231 e. The van der Waals surface area contributed by atoms with Crippen molar-refractivity contribution in [3.8, 4) is 0 Å². The third kappa shape index (κ3) is 4.16. The highest BCUT2D eigenvalue weighted by Gasteiger charge is 2.24. The lowest BCUT2D eigenvalue weighted by atomic mass is 10.2. The number of anilines is 1. The maximum atomic E-state index is 11.2. The highest BCUT2D eigenvalue weighted by molar-refractivity contribution is 5.75. The summed E-state index contributed by atoms with van der Waals surface area (Å²) in [5, 5.41) is 3.11. The number of nitrogens with one attached hydrogen (secondary N) is 1. The molecular weight excluding hydrogens is 254 g/mol. The molecule has 0 bridgehead atoms. The molecule has 0 spiro atoms. The molecule has 6 heteroatoms. The Hall–Kier alpha value is -1.69. The van der Waals surface area contributed by atoms with E-state index in [4.69, 9.17) is 5.73 Å². The third-order valence-electron chi connectivity index (χ3n) is 3.63. The van der Waals surface area contributed by atoms with Gasteiger partial charge in [-0.05, 0) is 19.8 Å². The van der Waals surface area contributed by atoms with Crippen molar-refractivity contribution >= 4 is 11.7 Å². The average molecular weight is 277 g/mol. The molecule has 1 aromatic rings. The molecule has 0 aromatic carbocycles. The first kappa shape index (κ1) is 14.7. The number of nitrogens with two attached hydrogens (primary N) is 1. The molecule has 2 rings (SSSR count). The number of hydrogen-bond donors (Lipinski definition) is 2. The van der Waals surface area contributed by atoms with E-state index in [2.05, 4.69) is 20.2 Å². The van der Waals surface area contributed by atoms with Crippen LogP contribution in [0.1, 0.15) is 38.3 Å². The lowest BCUT2D eigenvalue weighted by molar-refractivity contribution is -0.119. The van der Waals surface area contributed by atoms with Crippen LogP contribution in [-0.4, -0.2) is 39.9 Å². The minimum absolute atomic E-state index is 0.283. The number of carbonyl (C=O) groups excluding carboxylic acids is 1. The van der Waals surface area contributed by atoms with Gasteiger partial charge in [0.15, 0.2) is 0 Å². The molecule has 0 radical (unpaired) electrons. The maximum Gasteiger partial charge on any atom is 0.231 e. The molecule has 1 aromatic heterocycles. The van der Waals surface area contributed by atoms with Crippen molar-refractivity contribution in [3.63, 3.8) is 0 Å². The summed E-state index contributed by atoms with van der Waals surface area (Å²) in [7, 11) is 0. The topological polar surface area (TPSA) is 84.1 Å². The first-order chi connectivity index (χ1) is 9.69. The maximum absolute atomic E-state index is 11.2. The first-order valence-corrected chi connectivity index (χ1v) is 7.26. The van der Waals surface area contributed by atoms with Gasteiger partial charge >= 0.3 is 0 Å². The van der Waals surface area contributed by atoms with Gasteiger partial charge < -0.3 is 11.1 Å². The molecule has 1 heterocycles. The Labute approximate surface area is 119 Å². The molecule has 0 aliphatic heterocycles. The monoisotopic (exact) mass is 277 g/mol. The summed E-state index contributed by atoms with van der Waals surface area (Å²) in [6.45, 7) is 3.77. The molecule has 1 saturated carbocycles. The zero-order chi connectivity index (χ0) is 14.4. The number of rotatable bonds is 7. The lowest BCUT2D eigenvalue weighted by Gasteiger charge is -2.26. The molecule has 1 aliphatic rings. The Morgan fingerprint density at radius 3 is 2.70 bits per heavy atom. The van der Waals surface area contributed by atoms with E-state index in [0.29, 0.717) is 19.1 Å². The highest BCUT2D eigenvalue weighted by Crippen LogP contribution is 2.24. The van der Waals surface area contributed by atoms with Crippen LogP contribution in [0.2, 0.25) is 0 Å². The van der Waals surface area contributed by atoms with Crippen molar-refractivity contribution < 1.29 is 4.79 Å². The van der Waals surface area contributed by atoms with E-state index in [1.807, 2.05) is 6.92 Å². The summed E-state index contributed by atoms with van der Waals surface area (Å²) < 4.78 is 0. The van der Waals surface area contributed by atoms with Gasteiger partial charge in [-0.1, -0.05) is 12.8 Å². The number of primary amides is 1. The van der Waals surface area contributed by atoms with Crippen LogP contribution in [0.25, 0.3) is 0 Å². The molecular formula is C14H23N5O. The van der Waals surface area contributed by atoms with Gasteiger partial charge in [0.2, 0.25) is 5.91 Å². The zero-order valence-electron chi connectivity index (χ0n) is 12.0. The van der Waals surface area contributed by atoms with E-state index in [-0.39, 0.29) is 5.91 Å². The Morgan fingerprint density at radius 2 is 2.15 bits per heavy atom. The van der Waals surface area contributed by atoms with E-state index < -0.39 is 0 Å². The lowest BCUT2D eigenvalue weighted by Crippen LogP contribution is -2.39. The molecule has 110 valence electrons. The fraction of sp³-hybridized carbons (Fsp3) is 0.643. The van der Waals surface area contributed by atoms with Crippen LogP contribution < -0.4 is 11.1 Å². The van der Waals surface area contributed by atoms with Crippen LogP contribution in [0.5, 0.6) is 0 Å². The standard InChI is InChI=1S/C14H23N5O/c1-2-16-14-8-17-11(7-18-14)9-19(10-13(15)20)12-5-3-4-6-12/h7-8,12H,2-6,9-10H2,1H3,(H2,15,20)(H,16,18). The minimum atomic E-state index is -0.283. The molecule has 0 unspecified atom stereocenters. The van der Waals surface area contributed by atoms with Crippen molar-refractivity contribution in [2.24, 2.45) is 5.73 Å². The van der Waals surface area contributed by atoms with E-state index >= 15 is 0 Å². The van der Waals surface area contributed by atoms with Crippen molar-refractivity contribution in [1.29, 1.82) is 0 Å². The number of amides is 1. The summed E-state index contributed by atoms with van der Waals surface area (Å²) in [4.78, 5) is 22.1. The van der Waals surface area contributed by atoms with Crippen LogP contribution in [-0.2, 0) is 11.3 Å². The van der Waals surface area contributed by atoms with E-state index in [1.54, 1.807) is 12.4 Å². The van der Waals surface area contributed by atoms with Crippen LogP contribution in [0.3, 0.4) is 0 Å². The Bertz CT molecular complexity index is 428. The molecule has 0 saturated heterocycles. The predicted molar refractivity (Wildman–Crippen MR) is 78.1 cm³/mol. The Morgan fingerprint density at radius 1 is 1.40 bits per heavy atom. The number of hydrogen-bond acceptors (Lipinski definition) is 5. The summed E-state index contributed by atoms with van der Waals surface area (Å²) in [5.41, 5.74) is 6.23. The Balaban J connectivity index is 2.00. The van der Waals surface area contributed by atoms with Gasteiger partial charge in [-0.25, -0.2) is 4.98 Å². The SMILES string of the molecule is CCNc1cnc(CN(CC(N)=O)C2CCCC2)cn1. The molecule has 0 atom stereocenters. The van der Waals surface area contributed by atoms with Gasteiger partial charge in [-0.15, -0.1) is 0 Å². The van der Waals surface area contributed by atoms with Crippen LogP contribution in [0, 0.1) is 0 Å². The van der Waals surface area contributed by atoms with Crippen LogP contribution in [0.15, 0.2) is 12.4 Å². The van der Waals surface area contributed by atoms with E-state index in [1.165, 1.54) is 12.8 Å². The van der Waals surface area contributed by atoms with Gasteiger partial charge in [0, 0.05) is 19.1 Å². The number of aromatic nitrogens is 2. The predicted octanol–water partition coefficient (Wildman–Crippen LogP) is 1.14. The van der Waals surface area contributed by atoms with Crippen LogP contribution >= 0.6 is 0 Å². The fourth-order valence-corrected chi connectivity index (χ4v) is 2.70. The van der Waals surface area contributed by atoms with Gasteiger partial charge in [0.25, 0.3) is 0 Å². The van der Waals surface area contributed by atoms with Crippen molar-refractivity contribution in [2.45, 2.75) is 45.2 Å². The fourth-order valence-electron chi connectivity index (χ4n) is 2.70. The average Bonchev–Trinajstić information content (AvgIpc) is 2.94. The molecule has 1 fully saturated rings. The van der Waals surface area contributed by atoms with E-state index in [9.17, 15) is 4.79 Å². The van der Waals surface area contributed by atoms with Gasteiger partial charge in [-0.3, -0.25) is 14.7 Å². The van der Waals surface area contributed by atoms with Crippen molar-refractivity contribution in [1.82, 2.24) is 14.9 Å². The van der Waals surface area contributed by atoms with Gasteiger partial charge in [-0.2, -0.15) is 0 Å². The summed E-state index contributed by atoms with van der Waals surface area (Å²) in [6.07, 6.45) is 8.22. The minimum Gasteiger partial charge on any atom is -0.369 e. The molecule has 20 heavy (non-hydrogen) atoms. The van der Waals surface area contributed by atoms with E-state index in [0.717, 1.165) is 30.9 Å². The number of nitrogens with zero attached hydrogens (tertiary/aromatic N) is 3. The molecule has 6 nitrogen and oxygen atoms in total. The second kappa shape index (κ2) is 7.19. The first-order valence-electron chi connectivity index (χ1n) is 7.26. The second-order valence-corrected chi connectivity index (χ2v) is 5.23. The van der Waals surface area contributed by atoms with Gasteiger partial charge in [0.05, 0.1) is 24.6 Å². The normalized spacial score (nSPS) is 15.7. The molecule has 1 amide bonds. The summed E-state index contributed by atoms with van der Waals surface area (Å²) >= 11 is 0. The van der Waals surface area contributed by atoms with Crippen LogP contribution in [0.4, 0.5) is 5.82 Å². The second-order valence-electron chi connectivity index (χ2n) is 5.23. The molecule has 1 aliphatic carbocycles. The number of carbonyl (C=O) groups is 1. The molecule has 3 N–H and O–H groups in total. The zero-order valence-corrected chi connectivity index (χ0v) is 12.0.